The fourth-order valence-corrected chi connectivity index (χ4v) is 3.15. The first-order valence-electron chi connectivity index (χ1n) is 8.54. The van der Waals surface area contributed by atoms with Crippen molar-refractivity contribution >= 4 is 16.9 Å². The van der Waals surface area contributed by atoms with Crippen LogP contribution in [0.15, 0.2) is 48.8 Å². The molecule has 1 aliphatic rings. The number of carbonyl (C=O) groups excluding carboxylic acids is 1. The van der Waals surface area contributed by atoms with Crippen LogP contribution in [0.5, 0.6) is 0 Å². The Bertz CT molecular complexity index is 881. The van der Waals surface area contributed by atoms with Crippen LogP contribution in [0.1, 0.15) is 15.9 Å². The second-order valence-electron chi connectivity index (χ2n) is 6.52. The lowest BCUT2D eigenvalue weighted by Gasteiger charge is -2.32. The van der Waals surface area contributed by atoms with Gasteiger partial charge in [0.05, 0.1) is 18.3 Å². The molecular formula is C19H21N5O. The van der Waals surface area contributed by atoms with E-state index in [9.17, 15) is 4.79 Å². The molecule has 1 saturated heterocycles. The molecule has 2 aromatic heterocycles. The van der Waals surface area contributed by atoms with Gasteiger partial charge in [0, 0.05) is 37.8 Å². The van der Waals surface area contributed by atoms with Gasteiger partial charge in [-0.3, -0.25) is 4.79 Å². The van der Waals surface area contributed by atoms with Crippen LogP contribution in [0.3, 0.4) is 0 Å². The molecule has 0 N–H and O–H groups in total. The number of carbonyl (C=O) groups is 1. The van der Waals surface area contributed by atoms with Gasteiger partial charge in [0.25, 0.3) is 5.91 Å². The lowest BCUT2D eigenvalue weighted by atomic mass is 10.2. The van der Waals surface area contributed by atoms with Crippen molar-refractivity contribution in [2.45, 2.75) is 6.54 Å². The van der Waals surface area contributed by atoms with E-state index in [2.05, 4.69) is 34.2 Å². The van der Waals surface area contributed by atoms with Gasteiger partial charge in [0.2, 0.25) is 0 Å². The van der Waals surface area contributed by atoms with Gasteiger partial charge in [0.1, 0.15) is 0 Å². The number of pyridine rings is 1. The lowest BCUT2D eigenvalue weighted by Crippen LogP contribution is -2.47. The summed E-state index contributed by atoms with van der Waals surface area (Å²) in [6, 6.07) is 12.1. The Morgan fingerprint density at radius 1 is 1.08 bits per heavy atom. The maximum atomic E-state index is 12.7. The minimum Gasteiger partial charge on any atom is -0.336 e. The number of amides is 1. The number of hydrogen-bond donors (Lipinski definition) is 0. The summed E-state index contributed by atoms with van der Waals surface area (Å²) in [4.78, 5) is 21.3. The highest BCUT2D eigenvalue weighted by Crippen LogP contribution is 2.16. The fraction of sp³-hybridized carbons (Fsp3) is 0.316. The average Bonchev–Trinajstić information content (AvgIpc) is 3.05. The molecule has 4 rings (SSSR count). The summed E-state index contributed by atoms with van der Waals surface area (Å²) in [7, 11) is 2.08. The van der Waals surface area contributed by atoms with Gasteiger partial charge < -0.3 is 9.80 Å². The van der Waals surface area contributed by atoms with Gasteiger partial charge in [-0.15, -0.1) is 0 Å². The third kappa shape index (κ3) is 3.25. The Kier molecular flexibility index (Phi) is 4.19. The highest BCUT2D eigenvalue weighted by atomic mass is 16.2. The zero-order valence-electron chi connectivity index (χ0n) is 14.3. The van der Waals surface area contributed by atoms with Crippen molar-refractivity contribution in [3.8, 4) is 0 Å². The summed E-state index contributed by atoms with van der Waals surface area (Å²) in [5.41, 5.74) is 2.61. The average molecular weight is 335 g/mol. The highest BCUT2D eigenvalue weighted by Gasteiger charge is 2.21. The topological polar surface area (TPSA) is 54.3 Å². The third-order valence-electron chi connectivity index (χ3n) is 4.69. The van der Waals surface area contributed by atoms with E-state index in [4.69, 9.17) is 0 Å². The molecule has 0 saturated carbocycles. The summed E-state index contributed by atoms with van der Waals surface area (Å²) >= 11 is 0. The molecule has 128 valence electrons. The number of likely N-dealkylation sites (N-methyl/N-ethyl adjacent to an activating group) is 1. The second kappa shape index (κ2) is 6.64. The molecule has 1 aliphatic heterocycles. The molecule has 6 heteroatoms. The number of hydrogen-bond acceptors (Lipinski definition) is 4. The summed E-state index contributed by atoms with van der Waals surface area (Å²) in [5.74, 6) is 0.0540. The van der Waals surface area contributed by atoms with Crippen molar-refractivity contribution in [3.63, 3.8) is 0 Å². The summed E-state index contributed by atoms with van der Waals surface area (Å²) in [6.07, 6.45) is 3.46. The molecule has 25 heavy (non-hydrogen) atoms. The van der Waals surface area contributed by atoms with E-state index in [1.54, 1.807) is 12.4 Å². The third-order valence-corrected chi connectivity index (χ3v) is 4.69. The van der Waals surface area contributed by atoms with Gasteiger partial charge in [0.15, 0.2) is 5.65 Å². The van der Waals surface area contributed by atoms with E-state index in [1.807, 2.05) is 33.8 Å². The van der Waals surface area contributed by atoms with Crippen LogP contribution >= 0.6 is 0 Å². The molecule has 0 spiro atoms. The van der Waals surface area contributed by atoms with E-state index < -0.39 is 0 Å². The van der Waals surface area contributed by atoms with Gasteiger partial charge in [-0.1, -0.05) is 30.3 Å². The molecule has 0 bridgehead atoms. The molecule has 1 fully saturated rings. The molecule has 3 aromatic rings. The summed E-state index contributed by atoms with van der Waals surface area (Å²) in [5, 5.41) is 5.34. The van der Waals surface area contributed by atoms with E-state index in [0.717, 1.165) is 37.2 Å². The highest BCUT2D eigenvalue weighted by molar-refractivity contribution is 5.96. The first-order chi connectivity index (χ1) is 12.2. The Morgan fingerprint density at radius 2 is 1.84 bits per heavy atom. The van der Waals surface area contributed by atoms with Crippen LogP contribution < -0.4 is 0 Å². The molecule has 0 unspecified atom stereocenters. The van der Waals surface area contributed by atoms with Crippen molar-refractivity contribution in [2.24, 2.45) is 0 Å². The molecular weight excluding hydrogens is 314 g/mol. The maximum absolute atomic E-state index is 12.7. The number of rotatable bonds is 3. The van der Waals surface area contributed by atoms with Gasteiger partial charge >= 0.3 is 0 Å². The predicted molar refractivity (Wildman–Crippen MR) is 96.5 cm³/mol. The number of piperazine rings is 1. The molecule has 1 amide bonds. The van der Waals surface area contributed by atoms with Crippen LogP contribution in [0, 0.1) is 0 Å². The smallest absolute Gasteiger partial charge is 0.255 e. The summed E-state index contributed by atoms with van der Waals surface area (Å²) in [6.45, 7) is 4.03. The first-order valence-corrected chi connectivity index (χ1v) is 8.54. The van der Waals surface area contributed by atoms with Crippen LogP contribution in [0.25, 0.3) is 11.0 Å². The molecule has 0 radical (unpaired) electrons. The van der Waals surface area contributed by atoms with E-state index in [0.29, 0.717) is 12.1 Å². The number of benzene rings is 1. The Hall–Kier alpha value is -2.73. The van der Waals surface area contributed by atoms with Crippen LogP contribution in [-0.2, 0) is 6.54 Å². The maximum Gasteiger partial charge on any atom is 0.255 e. The molecule has 6 nitrogen and oxygen atoms in total. The van der Waals surface area contributed by atoms with Gasteiger partial charge in [-0.25, -0.2) is 9.67 Å². The standard InChI is InChI=1S/C19H21N5O/c1-22-7-9-23(10-8-22)19(25)17-11-16-13-21-24(18(16)20-12-17)14-15-5-3-2-4-6-15/h2-6,11-13H,7-10,14H2,1H3. The predicted octanol–water partition coefficient (Wildman–Crippen LogP) is 1.87. The second-order valence-corrected chi connectivity index (χ2v) is 6.52. The zero-order valence-corrected chi connectivity index (χ0v) is 14.3. The van der Waals surface area contributed by atoms with Crippen molar-refractivity contribution in [1.82, 2.24) is 24.6 Å². The lowest BCUT2D eigenvalue weighted by molar-refractivity contribution is 0.0664. The fourth-order valence-electron chi connectivity index (χ4n) is 3.15. The van der Waals surface area contributed by atoms with Crippen LogP contribution in [0.4, 0.5) is 0 Å². The van der Waals surface area contributed by atoms with E-state index in [-0.39, 0.29) is 5.91 Å². The van der Waals surface area contributed by atoms with Crippen LogP contribution in [-0.4, -0.2) is 63.7 Å². The zero-order chi connectivity index (χ0) is 17.2. The number of aromatic nitrogens is 3. The first kappa shape index (κ1) is 15.8. The van der Waals surface area contributed by atoms with Crippen LogP contribution in [0.2, 0.25) is 0 Å². The van der Waals surface area contributed by atoms with Crippen molar-refractivity contribution < 1.29 is 4.79 Å². The molecule has 3 heterocycles. The monoisotopic (exact) mass is 335 g/mol. The van der Waals surface area contributed by atoms with E-state index >= 15 is 0 Å². The minimum atomic E-state index is 0.0540. The Balaban J connectivity index is 1.56. The molecule has 0 atom stereocenters. The summed E-state index contributed by atoms with van der Waals surface area (Å²) < 4.78 is 1.87. The molecule has 0 aliphatic carbocycles. The normalized spacial score (nSPS) is 15.6. The SMILES string of the molecule is CN1CCN(C(=O)c2cnc3c(cnn3Cc3ccccc3)c2)CC1. The van der Waals surface area contributed by atoms with Gasteiger partial charge in [-0.05, 0) is 18.7 Å². The molecule has 1 aromatic carbocycles. The van der Waals surface area contributed by atoms with E-state index in [1.165, 1.54) is 5.56 Å². The van der Waals surface area contributed by atoms with Crippen molar-refractivity contribution in [1.29, 1.82) is 0 Å². The van der Waals surface area contributed by atoms with Crippen molar-refractivity contribution in [2.75, 3.05) is 33.2 Å². The Morgan fingerprint density at radius 3 is 2.60 bits per heavy atom. The minimum absolute atomic E-state index is 0.0540. The van der Waals surface area contributed by atoms with Gasteiger partial charge in [-0.2, -0.15) is 5.10 Å². The quantitative estimate of drug-likeness (QED) is 0.733. The number of fused-ring (bicyclic) bond motifs is 1. The number of nitrogens with zero attached hydrogens (tertiary/aromatic N) is 5. The largest absolute Gasteiger partial charge is 0.336 e. The van der Waals surface area contributed by atoms with Crippen molar-refractivity contribution in [3.05, 3.63) is 59.9 Å². The Labute approximate surface area is 146 Å².